The number of aliphatic hydroxyl groups is 7. The Morgan fingerprint density at radius 2 is 1.43 bits per heavy atom. The van der Waals surface area contributed by atoms with Crippen molar-refractivity contribution in [3.63, 3.8) is 0 Å². The Balaban J connectivity index is 1.81. The van der Waals surface area contributed by atoms with Crippen molar-refractivity contribution < 1.29 is 65.0 Å². The Hall–Kier alpha value is -3.31. The van der Waals surface area contributed by atoms with Gasteiger partial charge in [0.25, 0.3) is 0 Å². The maximum absolute atomic E-state index is 13.4. The topological polar surface area (TPSA) is 251 Å². The summed E-state index contributed by atoms with van der Waals surface area (Å²) >= 11 is 0. The Kier molecular flexibility index (Phi) is 7.47. The van der Waals surface area contributed by atoms with Gasteiger partial charge in [0.1, 0.15) is 83.3 Å². The average Bonchev–Trinajstić information content (AvgIpc) is 2.92. The largest absolute Gasteiger partial charge is 0.508 e. The normalized spacial score (nSPS) is 32.8. The molecular weight excluding hydrogens is 536 g/mol. The lowest BCUT2D eigenvalue weighted by Gasteiger charge is -2.41. The third kappa shape index (κ3) is 4.49. The number of rotatable bonds is 4. The molecule has 2 aliphatic heterocycles. The van der Waals surface area contributed by atoms with Crippen molar-refractivity contribution in [3.05, 3.63) is 51.7 Å². The molecule has 3 heterocycles. The van der Waals surface area contributed by atoms with Gasteiger partial charge in [-0.3, -0.25) is 4.79 Å². The van der Waals surface area contributed by atoms with Gasteiger partial charge in [-0.1, -0.05) is 0 Å². The molecule has 2 aromatic carbocycles. The van der Waals surface area contributed by atoms with E-state index in [0.717, 1.165) is 6.07 Å². The highest BCUT2D eigenvalue weighted by Gasteiger charge is 2.48. The molecule has 216 valence electrons. The number of phenolic OH excluding ortho intramolecular Hbond substituents is 3. The van der Waals surface area contributed by atoms with E-state index >= 15 is 0 Å². The Morgan fingerprint density at radius 1 is 0.775 bits per heavy atom. The van der Waals surface area contributed by atoms with Crippen LogP contribution < -0.4 is 5.43 Å². The summed E-state index contributed by atoms with van der Waals surface area (Å²) in [5.41, 5.74) is -2.19. The minimum absolute atomic E-state index is 0.0767. The van der Waals surface area contributed by atoms with Gasteiger partial charge in [-0.2, -0.15) is 0 Å². The number of hydrogen-bond acceptors (Lipinski definition) is 14. The van der Waals surface area contributed by atoms with Crippen LogP contribution in [0.3, 0.4) is 0 Å². The minimum atomic E-state index is -1.96. The van der Waals surface area contributed by atoms with Gasteiger partial charge >= 0.3 is 0 Å². The Bertz CT molecular complexity index is 1450. The van der Waals surface area contributed by atoms with Crippen LogP contribution in [0, 0.1) is 0 Å². The number of ether oxygens (including phenoxy) is 2. The first-order valence-corrected chi connectivity index (χ1v) is 12.3. The standard InChI is InChI=1S/C26H28O14/c27-6-13-18(32)21(35)23(37)26(40-13)16-20(34)15(25-22(36)17(31)11(30)7-38-25)19(33)14-10(29)5-12(39-24(14)16)8-1-3-9(28)4-2-8/h1-5,11,13,17-18,21-23,25-28,30-37H,6-7H2/t11-,13+,17-,18-,21-,22-,23+,25-,26+/m1/s1. The molecule has 10 N–H and O–H groups in total. The summed E-state index contributed by atoms with van der Waals surface area (Å²) in [6, 6.07) is 6.47. The molecule has 0 saturated carbocycles. The third-order valence-electron chi connectivity index (χ3n) is 7.31. The fraction of sp³-hybridized carbons (Fsp3) is 0.423. The smallest absolute Gasteiger partial charge is 0.197 e. The molecule has 5 rings (SSSR count). The predicted octanol–water partition coefficient (Wildman–Crippen LogP) is -1.75. The Morgan fingerprint density at radius 3 is 2.08 bits per heavy atom. The second-order valence-corrected chi connectivity index (χ2v) is 9.80. The zero-order valence-electron chi connectivity index (χ0n) is 20.6. The van der Waals surface area contributed by atoms with Gasteiger partial charge in [-0.15, -0.1) is 0 Å². The second kappa shape index (κ2) is 10.6. The summed E-state index contributed by atoms with van der Waals surface area (Å²) < 4.78 is 16.9. The number of hydrogen-bond donors (Lipinski definition) is 10. The van der Waals surface area contributed by atoms with Crippen molar-refractivity contribution >= 4 is 11.0 Å². The SMILES string of the molecule is O=c1cc(-c2ccc(O)cc2)oc2c([C@@H]3O[C@@H](CO)[C@@H](O)[C@@H](O)[C@@H]3O)c(O)c([C@H]3OC[C@@H](O)[C@@H](O)[C@H]3O)c(O)c12. The van der Waals surface area contributed by atoms with Gasteiger partial charge in [0.15, 0.2) is 11.0 Å². The van der Waals surface area contributed by atoms with E-state index in [-0.39, 0.29) is 11.5 Å². The fourth-order valence-corrected chi connectivity index (χ4v) is 5.11. The molecule has 2 fully saturated rings. The van der Waals surface area contributed by atoms with E-state index in [0.29, 0.717) is 5.56 Å². The van der Waals surface area contributed by atoms with Crippen LogP contribution in [0.15, 0.2) is 39.5 Å². The van der Waals surface area contributed by atoms with Crippen molar-refractivity contribution in [2.45, 2.75) is 54.9 Å². The molecule has 0 amide bonds. The number of fused-ring (bicyclic) bond motifs is 1. The molecular formula is C26H28O14. The first-order chi connectivity index (χ1) is 19.0. The van der Waals surface area contributed by atoms with E-state index in [4.69, 9.17) is 13.9 Å². The van der Waals surface area contributed by atoms with E-state index in [1.165, 1.54) is 24.3 Å². The quantitative estimate of drug-likeness (QED) is 0.169. The van der Waals surface area contributed by atoms with Gasteiger partial charge in [-0.25, -0.2) is 0 Å². The molecule has 2 saturated heterocycles. The molecule has 14 heteroatoms. The third-order valence-corrected chi connectivity index (χ3v) is 7.31. The van der Waals surface area contributed by atoms with E-state index in [2.05, 4.69) is 0 Å². The van der Waals surface area contributed by atoms with Crippen molar-refractivity contribution in [1.82, 2.24) is 0 Å². The fourth-order valence-electron chi connectivity index (χ4n) is 5.11. The monoisotopic (exact) mass is 564 g/mol. The van der Waals surface area contributed by atoms with Crippen LogP contribution in [0.1, 0.15) is 23.3 Å². The van der Waals surface area contributed by atoms with Gasteiger partial charge < -0.3 is 65.0 Å². The van der Waals surface area contributed by atoms with Gasteiger partial charge in [-0.05, 0) is 24.3 Å². The van der Waals surface area contributed by atoms with Crippen LogP contribution in [0.2, 0.25) is 0 Å². The predicted molar refractivity (Wildman–Crippen MR) is 132 cm³/mol. The molecule has 9 atom stereocenters. The lowest BCUT2D eigenvalue weighted by molar-refractivity contribution is -0.231. The lowest BCUT2D eigenvalue weighted by Crippen LogP contribution is -2.55. The van der Waals surface area contributed by atoms with Crippen LogP contribution in [-0.2, 0) is 9.47 Å². The maximum atomic E-state index is 13.4. The molecule has 14 nitrogen and oxygen atoms in total. The van der Waals surface area contributed by atoms with Gasteiger partial charge in [0.2, 0.25) is 0 Å². The summed E-state index contributed by atoms with van der Waals surface area (Å²) in [6.07, 6.45) is -15.7. The van der Waals surface area contributed by atoms with E-state index in [1.807, 2.05) is 0 Å². The maximum Gasteiger partial charge on any atom is 0.197 e. The minimum Gasteiger partial charge on any atom is -0.508 e. The van der Waals surface area contributed by atoms with Crippen molar-refractivity contribution in [1.29, 1.82) is 0 Å². The highest BCUT2D eigenvalue weighted by molar-refractivity contribution is 5.92. The zero-order valence-corrected chi connectivity index (χ0v) is 20.6. The zero-order chi connectivity index (χ0) is 29.0. The van der Waals surface area contributed by atoms with Crippen molar-refractivity contribution in [2.75, 3.05) is 13.2 Å². The van der Waals surface area contributed by atoms with Crippen LogP contribution in [0.4, 0.5) is 0 Å². The molecule has 0 bridgehead atoms. The number of benzene rings is 2. The number of aromatic hydroxyl groups is 3. The average molecular weight is 564 g/mol. The molecule has 40 heavy (non-hydrogen) atoms. The first-order valence-electron chi connectivity index (χ1n) is 12.3. The summed E-state index contributed by atoms with van der Waals surface area (Å²) in [7, 11) is 0. The molecule has 0 aliphatic carbocycles. The molecule has 2 aliphatic rings. The molecule has 1 aromatic heterocycles. The molecule has 0 unspecified atom stereocenters. The number of aliphatic hydroxyl groups excluding tert-OH is 7. The van der Waals surface area contributed by atoms with Crippen molar-refractivity contribution in [3.8, 4) is 28.6 Å². The van der Waals surface area contributed by atoms with Crippen LogP contribution in [0.5, 0.6) is 17.2 Å². The Labute approximate surface area is 224 Å². The lowest BCUT2D eigenvalue weighted by atomic mass is 9.85. The summed E-state index contributed by atoms with van der Waals surface area (Å²) in [4.78, 5) is 13.4. The van der Waals surface area contributed by atoms with Crippen LogP contribution in [-0.4, -0.2) is 107 Å². The van der Waals surface area contributed by atoms with Gasteiger partial charge in [0.05, 0.1) is 24.3 Å². The van der Waals surface area contributed by atoms with E-state index < -0.39 is 107 Å². The summed E-state index contributed by atoms with van der Waals surface area (Å²) in [6.45, 7) is -1.34. The van der Waals surface area contributed by atoms with Gasteiger partial charge in [0, 0.05) is 11.6 Å². The molecule has 0 spiro atoms. The van der Waals surface area contributed by atoms with E-state index in [1.54, 1.807) is 0 Å². The molecule has 3 aromatic rings. The second-order valence-electron chi connectivity index (χ2n) is 9.80. The number of phenols is 3. The summed E-state index contributed by atoms with van der Waals surface area (Å²) in [5.74, 6) is -2.00. The van der Waals surface area contributed by atoms with Crippen LogP contribution in [0.25, 0.3) is 22.3 Å². The van der Waals surface area contributed by atoms with E-state index in [9.17, 15) is 55.9 Å². The molecule has 0 radical (unpaired) electrons. The summed E-state index contributed by atoms with van der Waals surface area (Å²) in [5, 5.41) is 104. The van der Waals surface area contributed by atoms with Crippen LogP contribution >= 0.6 is 0 Å². The highest BCUT2D eigenvalue weighted by atomic mass is 16.5. The first kappa shape index (κ1) is 28.2. The highest BCUT2D eigenvalue weighted by Crippen LogP contribution is 2.50. The van der Waals surface area contributed by atoms with Crippen molar-refractivity contribution in [2.24, 2.45) is 0 Å².